The summed E-state index contributed by atoms with van der Waals surface area (Å²) in [5, 5.41) is 3.49. The SMILES string of the molecule is COc1ccc(CCNCc2ccc3c(c2)CCO3)cc1OC. The van der Waals surface area contributed by atoms with Crippen LogP contribution in [-0.2, 0) is 19.4 Å². The van der Waals surface area contributed by atoms with Crippen molar-refractivity contribution in [2.45, 2.75) is 19.4 Å². The van der Waals surface area contributed by atoms with Crippen molar-refractivity contribution >= 4 is 0 Å². The highest BCUT2D eigenvalue weighted by atomic mass is 16.5. The molecule has 23 heavy (non-hydrogen) atoms. The van der Waals surface area contributed by atoms with Gasteiger partial charge >= 0.3 is 0 Å². The monoisotopic (exact) mass is 313 g/mol. The van der Waals surface area contributed by atoms with E-state index >= 15 is 0 Å². The lowest BCUT2D eigenvalue weighted by Crippen LogP contribution is -2.16. The summed E-state index contributed by atoms with van der Waals surface area (Å²) in [6, 6.07) is 12.5. The molecule has 0 amide bonds. The molecule has 4 nitrogen and oxygen atoms in total. The Bertz CT molecular complexity index is 670. The van der Waals surface area contributed by atoms with Crippen molar-refractivity contribution in [3.63, 3.8) is 0 Å². The van der Waals surface area contributed by atoms with Crippen LogP contribution in [0.1, 0.15) is 16.7 Å². The van der Waals surface area contributed by atoms with Crippen LogP contribution in [0.25, 0.3) is 0 Å². The normalized spacial score (nSPS) is 12.6. The van der Waals surface area contributed by atoms with Crippen molar-refractivity contribution in [3.05, 3.63) is 53.1 Å². The van der Waals surface area contributed by atoms with E-state index in [4.69, 9.17) is 14.2 Å². The van der Waals surface area contributed by atoms with Gasteiger partial charge < -0.3 is 19.5 Å². The lowest BCUT2D eigenvalue weighted by Gasteiger charge is -2.10. The van der Waals surface area contributed by atoms with Crippen molar-refractivity contribution in [1.82, 2.24) is 5.32 Å². The maximum absolute atomic E-state index is 5.54. The van der Waals surface area contributed by atoms with Gasteiger partial charge in [0.05, 0.1) is 20.8 Å². The average molecular weight is 313 g/mol. The van der Waals surface area contributed by atoms with Crippen LogP contribution in [0.4, 0.5) is 0 Å². The number of nitrogens with one attached hydrogen (secondary N) is 1. The molecule has 3 rings (SSSR count). The topological polar surface area (TPSA) is 39.7 Å². The first-order valence-corrected chi connectivity index (χ1v) is 7.96. The lowest BCUT2D eigenvalue weighted by molar-refractivity contribution is 0.354. The number of fused-ring (bicyclic) bond motifs is 1. The predicted octanol–water partition coefficient (Wildman–Crippen LogP) is 2.97. The van der Waals surface area contributed by atoms with E-state index in [2.05, 4.69) is 29.6 Å². The highest BCUT2D eigenvalue weighted by Gasteiger charge is 2.11. The molecule has 0 unspecified atom stereocenters. The van der Waals surface area contributed by atoms with Crippen molar-refractivity contribution in [2.75, 3.05) is 27.4 Å². The van der Waals surface area contributed by atoms with Crippen LogP contribution in [0.5, 0.6) is 17.2 Å². The van der Waals surface area contributed by atoms with Gasteiger partial charge in [-0.3, -0.25) is 0 Å². The van der Waals surface area contributed by atoms with Crippen molar-refractivity contribution in [2.24, 2.45) is 0 Å². The highest BCUT2D eigenvalue weighted by molar-refractivity contribution is 5.43. The first kappa shape index (κ1) is 15.7. The molecule has 0 spiro atoms. The van der Waals surface area contributed by atoms with Gasteiger partial charge in [-0.15, -0.1) is 0 Å². The van der Waals surface area contributed by atoms with Gasteiger partial charge in [-0.25, -0.2) is 0 Å². The summed E-state index contributed by atoms with van der Waals surface area (Å²) in [5.41, 5.74) is 3.86. The smallest absolute Gasteiger partial charge is 0.160 e. The second-order valence-corrected chi connectivity index (χ2v) is 5.66. The molecule has 0 atom stereocenters. The molecule has 0 radical (unpaired) electrons. The van der Waals surface area contributed by atoms with E-state index in [1.807, 2.05) is 12.1 Å². The summed E-state index contributed by atoms with van der Waals surface area (Å²) in [7, 11) is 3.32. The molecular weight excluding hydrogens is 290 g/mol. The second-order valence-electron chi connectivity index (χ2n) is 5.66. The summed E-state index contributed by atoms with van der Waals surface area (Å²) >= 11 is 0. The van der Waals surface area contributed by atoms with Crippen LogP contribution in [0.2, 0.25) is 0 Å². The van der Waals surface area contributed by atoms with Crippen molar-refractivity contribution in [1.29, 1.82) is 0 Å². The fraction of sp³-hybridized carbons (Fsp3) is 0.368. The number of benzene rings is 2. The number of methoxy groups -OCH3 is 2. The van der Waals surface area contributed by atoms with Gasteiger partial charge in [0, 0.05) is 13.0 Å². The highest BCUT2D eigenvalue weighted by Crippen LogP contribution is 2.28. The van der Waals surface area contributed by atoms with E-state index in [9.17, 15) is 0 Å². The Balaban J connectivity index is 1.50. The van der Waals surface area contributed by atoms with Crippen LogP contribution in [0, 0.1) is 0 Å². The maximum atomic E-state index is 5.54. The molecule has 1 N–H and O–H groups in total. The van der Waals surface area contributed by atoms with Crippen molar-refractivity contribution < 1.29 is 14.2 Å². The summed E-state index contributed by atoms with van der Waals surface area (Å²) in [4.78, 5) is 0. The molecule has 1 heterocycles. The first-order chi connectivity index (χ1) is 11.3. The van der Waals surface area contributed by atoms with Crippen LogP contribution in [-0.4, -0.2) is 27.4 Å². The van der Waals surface area contributed by atoms with Gasteiger partial charge in [-0.2, -0.15) is 0 Å². The molecule has 1 aliphatic heterocycles. The van der Waals surface area contributed by atoms with Gasteiger partial charge in [-0.05, 0) is 47.9 Å². The molecule has 0 fully saturated rings. The minimum Gasteiger partial charge on any atom is -0.493 e. The predicted molar refractivity (Wildman–Crippen MR) is 90.6 cm³/mol. The van der Waals surface area contributed by atoms with Gasteiger partial charge in [0.2, 0.25) is 0 Å². The Hall–Kier alpha value is -2.20. The number of ether oxygens (including phenoxy) is 3. The minimum absolute atomic E-state index is 0.768. The molecule has 0 aliphatic carbocycles. The summed E-state index contributed by atoms with van der Waals surface area (Å²) in [6.45, 7) is 2.61. The quantitative estimate of drug-likeness (QED) is 0.798. The third kappa shape index (κ3) is 3.77. The molecule has 4 heteroatoms. The number of hydrogen-bond acceptors (Lipinski definition) is 4. The number of hydrogen-bond donors (Lipinski definition) is 1. The lowest BCUT2D eigenvalue weighted by atomic mass is 10.1. The molecule has 1 aliphatic rings. The van der Waals surface area contributed by atoms with E-state index in [1.54, 1.807) is 14.2 Å². The van der Waals surface area contributed by atoms with E-state index in [1.165, 1.54) is 16.7 Å². The van der Waals surface area contributed by atoms with Crippen molar-refractivity contribution in [3.8, 4) is 17.2 Å². The van der Waals surface area contributed by atoms with E-state index in [0.717, 1.165) is 49.8 Å². The summed E-state index contributed by atoms with van der Waals surface area (Å²) < 4.78 is 16.1. The zero-order valence-electron chi connectivity index (χ0n) is 13.7. The van der Waals surface area contributed by atoms with Gasteiger partial charge in [0.1, 0.15) is 5.75 Å². The third-order valence-electron chi connectivity index (χ3n) is 4.12. The Labute approximate surface area is 137 Å². The Morgan fingerprint density at radius 3 is 2.65 bits per heavy atom. The molecule has 0 aromatic heterocycles. The molecule has 0 saturated heterocycles. The van der Waals surface area contributed by atoms with Gasteiger partial charge in [0.25, 0.3) is 0 Å². The zero-order chi connectivity index (χ0) is 16.1. The van der Waals surface area contributed by atoms with E-state index < -0.39 is 0 Å². The molecule has 0 bridgehead atoms. The molecule has 2 aromatic rings. The second kappa shape index (κ2) is 7.38. The van der Waals surface area contributed by atoms with Crippen LogP contribution in [0.15, 0.2) is 36.4 Å². The van der Waals surface area contributed by atoms with Gasteiger partial charge in [0.15, 0.2) is 11.5 Å². The molecule has 122 valence electrons. The first-order valence-electron chi connectivity index (χ1n) is 7.96. The minimum atomic E-state index is 0.768. The van der Waals surface area contributed by atoms with Crippen LogP contribution < -0.4 is 19.5 Å². The molecular formula is C19H23NO3. The molecule has 2 aromatic carbocycles. The van der Waals surface area contributed by atoms with Gasteiger partial charge in [-0.1, -0.05) is 18.2 Å². The number of rotatable bonds is 7. The summed E-state index contributed by atoms with van der Waals surface area (Å²) in [5.74, 6) is 2.59. The zero-order valence-corrected chi connectivity index (χ0v) is 13.7. The fourth-order valence-electron chi connectivity index (χ4n) is 2.85. The van der Waals surface area contributed by atoms with E-state index in [-0.39, 0.29) is 0 Å². The largest absolute Gasteiger partial charge is 0.493 e. The Morgan fingerprint density at radius 1 is 1.00 bits per heavy atom. The standard InChI is InChI=1S/C19H23NO3/c1-21-18-6-3-14(12-19(18)22-2)7-9-20-13-15-4-5-17-16(11-15)8-10-23-17/h3-6,11-12,20H,7-10,13H2,1-2H3. The summed E-state index contributed by atoms with van der Waals surface area (Å²) in [6.07, 6.45) is 1.98. The Morgan fingerprint density at radius 2 is 1.83 bits per heavy atom. The average Bonchev–Trinajstić information content (AvgIpc) is 3.06. The van der Waals surface area contributed by atoms with E-state index in [0.29, 0.717) is 0 Å². The third-order valence-corrected chi connectivity index (χ3v) is 4.12. The maximum Gasteiger partial charge on any atom is 0.160 e. The van der Waals surface area contributed by atoms with Crippen LogP contribution in [0.3, 0.4) is 0 Å². The van der Waals surface area contributed by atoms with Crippen LogP contribution >= 0.6 is 0 Å². The Kier molecular flexibility index (Phi) is 5.03. The fourth-order valence-corrected chi connectivity index (χ4v) is 2.85. The molecule has 0 saturated carbocycles.